The standard InChI is InChI=1S/C9H19N.FH/c1-3-7-10-8-5-6-9(10)4-2;/h9H,3-8H2,1-2H3;1H. The van der Waals surface area contributed by atoms with Crippen molar-refractivity contribution in [2.75, 3.05) is 13.1 Å². The smallest absolute Gasteiger partial charge is 0.0874 e. The summed E-state index contributed by atoms with van der Waals surface area (Å²) < 4.78 is 0. The highest BCUT2D eigenvalue weighted by Gasteiger charge is 2.25. The van der Waals surface area contributed by atoms with Crippen molar-refractivity contribution in [2.24, 2.45) is 0 Å². The van der Waals surface area contributed by atoms with E-state index in [4.69, 9.17) is 0 Å². The zero-order valence-corrected chi connectivity index (χ0v) is 7.70. The minimum Gasteiger partial charge on any atom is -1.00 e. The Hall–Kier alpha value is -0.110. The first kappa shape index (κ1) is 10.9. The largest absolute Gasteiger partial charge is 1.00 e. The van der Waals surface area contributed by atoms with E-state index in [0.717, 1.165) is 6.04 Å². The molecule has 11 heavy (non-hydrogen) atoms. The molecule has 1 fully saturated rings. The molecule has 1 rings (SSSR count). The highest BCUT2D eigenvalue weighted by Crippen LogP contribution is 2.02. The molecule has 0 aromatic carbocycles. The maximum absolute atomic E-state index is 2.33. The van der Waals surface area contributed by atoms with E-state index in [1.807, 2.05) is 4.90 Å². The SMILES string of the molecule is CCC[NH+]1CCCC1CC.[F-]. The second-order valence-electron chi connectivity index (χ2n) is 3.41. The summed E-state index contributed by atoms with van der Waals surface area (Å²) in [5.74, 6) is 0. The Morgan fingerprint density at radius 1 is 1.36 bits per heavy atom. The van der Waals surface area contributed by atoms with E-state index in [0.29, 0.717) is 0 Å². The Morgan fingerprint density at radius 3 is 2.64 bits per heavy atom. The van der Waals surface area contributed by atoms with E-state index in [1.165, 1.54) is 38.8 Å². The van der Waals surface area contributed by atoms with Gasteiger partial charge in [-0.05, 0) is 12.8 Å². The first-order valence-electron chi connectivity index (χ1n) is 4.73. The van der Waals surface area contributed by atoms with E-state index in [-0.39, 0.29) is 4.70 Å². The lowest BCUT2D eigenvalue weighted by molar-refractivity contribution is -0.912. The molecular weight excluding hydrogens is 141 g/mol. The molecule has 1 N–H and O–H groups in total. The molecule has 1 nitrogen and oxygen atoms in total. The van der Waals surface area contributed by atoms with Crippen LogP contribution in [0.3, 0.4) is 0 Å². The lowest BCUT2D eigenvalue weighted by atomic mass is 10.2. The van der Waals surface area contributed by atoms with Gasteiger partial charge in [0.25, 0.3) is 0 Å². The van der Waals surface area contributed by atoms with E-state index >= 15 is 0 Å². The fourth-order valence-electron chi connectivity index (χ4n) is 2.13. The number of hydrogen-bond acceptors (Lipinski definition) is 0. The van der Waals surface area contributed by atoms with Crippen molar-refractivity contribution < 1.29 is 9.60 Å². The zero-order valence-electron chi connectivity index (χ0n) is 7.70. The molecule has 0 aromatic heterocycles. The van der Waals surface area contributed by atoms with Gasteiger partial charge in [-0.25, -0.2) is 0 Å². The van der Waals surface area contributed by atoms with Gasteiger partial charge in [0.2, 0.25) is 0 Å². The van der Waals surface area contributed by atoms with Gasteiger partial charge < -0.3 is 9.60 Å². The fourth-order valence-corrected chi connectivity index (χ4v) is 2.13. The van der Waals surface area contributed by atoms with Gasteiger partial charge in [0.05, 0.1) is 19.1 Å². The predicted molar refractivity (Wildman–Crippen MR) is 44.3 cm³/mol. The van der Waals surface area contributed by atoms with Crippen molar-refractivity contribution in [1.29, 1.82) is 0 Å². The molecule has 0 bridgehead atoms. The molecule has 0 aromatic rings. The van der Waals surface area contributed by atoms with Crippen LogP contribution in [0.2, 0.25) is 0 Å². The van der Waals surface area contributed by atoms with Crippen LogP contribution in [0.4, 0.5) is 0 Å². The number of likely N-dealkylation sites (tertiary alicyclic amines) is 1. The van der Waals surface area contributed by atoms with Crippen molar-refractivity contribution in [2.45, 2.75) is 45.6 Å². The average Bonchev–Trinajstić information content (AvgIpc) is 2.36. The molecule has 0 spiro atoms. The summed E-state index contributed by atoms with van der Waals surface area (Å²) in [5.41, 5.74) is 0. The maximum Gasteiger partial charge on any atom is 0.0874 e. The third kappa shape index (κ3) is 2.78. The normalized spacial score (nSPS) is 30.0. The molecule has 0 amide bonds. The van der Waals surface area contributed by atoms with Crippen molar-refractivity contribution in [1.82, 2.24) is 0 Å². The molecule has 1 saturated heterocycles. The molecule has 1 aliphatic rings. The second-order valence-corrected chi connectivity index (χ2v) is 3.41. The van der Waals surface area contributed by atoms with E-state index in [2.05, 4.69) is 13.8 Å². The number of hydrogen-bond donors (Lipinski definition) is 1. The van der Waals surface area contributed by atoms with Crippen molar-refractivity contribution in [3.8, 4) is 0 Å². The van der Waals surface area contributed by atoms with Gasteiger partial charge in [-0.15, -0.1) is 0 Å². The Labute approximate surface area is 69.1 Å². The van der Waals surface area contributed by atoms with Crippen LogP contribution in [-0.2, 0) is 0 Å². The highest BCUT2D eigenvalue weighted by molar-refractivity contribution is 4.59. The van der Waals surface area contributed by atoms with Crippen LogP contribution in [0.1, 0.15) is 39.5 Å². The van der Waals surface area contributed by atoms with Gasteiger partial charge in [0, 0.05) is 12.8 Å². The highest BCUT2D eigenvalue weighted by atomic mass is 19.0. The van der Waals surface area contributed by atoms with Gasteiger partial charge in [-0.2, -0.15) is 0 Å². The van der Waals surface area contributed by atoms with Crippen molar-refractivity contribution in [3.63, 3.8) is 0 Å². The van der Waals surface area contributed by atoms with Crippen LogP contribution in [-0.4, -0.2) is 19.1 Å². The Morgan fingerprint density at radius 2 is 2.09 bits per heavy atom. The topological polar surface area (TPSA) is 4.44 Å². The minimum atomic E-state index is 0. The average molecular weight is 161 g/mol. The van der Waals surface area contributed by atoms with Crippen LogP contribution in [0.25, 0.3) is 0 Å². The van der Waals surface area contributed by atoms with Crippen LogP contribution in [0, 0.1) is 0 Å². The second kappa shape index (κ2) is 5.53. The molecule has 0 radical (unpaired) electrons. The molecule has 1 heterocycles. The third-order valence-electron chi connectivity index (χ3n) is 2.69. The van der Waals surface area contributed by atoms with Gasteiger partial charge in [0.15, 0.2) is 0 Å². The molecule has 0 saturated carbocycles. The lowest BCUT2D eigenvalue weighted by Crippen LogP contribution is -3.13. The summed E-state index contributed by atoms with van der Waals surface area (Å²) in [5, 5.41) is 0. The number of rotatable bonds is 3. The molecule has 68 valence electrons. The van der Waals surface area contributed by atoms with E-state index < -0.39 is 0 Å². The quantitative estimate of drug-likeness (QED) is 0.482. The van der Waals surface area contributed by atoms with Gasteiger partial charge in [-0.3, -0.25) is 0 Å². The predicted octanol–water partition coefficient (Wildman–Crippen LogP) is -2.14. The fraction of sp³-hybridized carbons (Fsp3) is 1.00. The molecule has 2 heteroatoms. The number of nitrogens with one attached hydrogen (secondary N) is 1. The lowest BCUT2D eigenvalue weighted by Gasteiger charge is -2.18. The zero-order chi connectivity index (χ0) is 7.40. The maximum atomic E-state index is 2.33. The van der Waals surface area contributed by atoms with Gasteiger partial charge in [-0.1, -0.05) is 13.8 Å². The van der Waals surface area contributed by atoms with Crippen LogP contribution in [0.15, 0.2) is 0 Å². The first-order valence-corrected chi connectivity index (χ1v) is 4.73. The summed E-state index contributed by atoms with van der Waals surface area (Å²) in [6.07, 6.45) is 5.68. The molecular formula is C9H20FN. The summed E-state index contributed by atoms with van der Waals surface area (Å²) in [6, 6.07) is 1.000. The third-order valence-corrected chi connectivity index (χ3v) is 2.69. The summed E-state index contributed by atoms with van der Waals surface area (Å²) >= 11 is 0. The van der Waals surface area contributed by atoms with E-state index in [1.54, 1.807) is 0 Å². The van der Waals surface area contributed by atoms with Gasteiger partial charge >= 0.3 is 0 Å². The minimum absolute atomic E-state index is 0. The van der Waals surface area contributed by atoms with Crippen LogP contribution >= 0.6 is 0 Å². The summed E-state index contributed by atoms with van der Waals surface area (Å²) in [7, 11) is 0. The summed E-state index contributed by atoms with van der Waals surface area (Å²) in [4.78, 5) is 1.87. The van der Waals surface area contributed by atoms with Crippen LogP contribution < -0.4 is 9.60 Å². The first-order chi connectivity index (χ1) is 4.88. The van der Waals surface area contributed by atoms with Crippen molar-refractivity contribution >= 4 is 0 Å². The Bertz CT molecular complexity index is 95.6. The number of quaternary nitrogens is 1. The van der Waals surface area contributed by atoms with Gasteiger partial charge in [0.1, 0.15) is 0 Å². The molecule has 0 aliphatic carbocycles. The molecule has 2 atom stereocenters. The monoisotopic (exact) mass is 161 g/mol. The molecule has 1 aliphatic heterocycles. The Kier molecular flexibility index (Phi) is 5.47. The van der Waals surface area contributed by atoms with E-state index in [9.17, 15) is 0 Å². The Balaban J connectivity index is 0.000001000. The molecule has 2 unspecified atom stereocenters. The summed E-state index contributed by atoms with van der Waals surface area (Å²) in [6.45, 7) is 7.45. The van der Waals surface area contributed by atoms with Crippen LogP contribution in [0.5, 0.6) is 0 Å². The number of halogens is 1. The van der Waals surface area contributed by atoms with Crippen molar-refractivity contribution in [3.05, 3.63) is 0 Å².